The third-order valence-corrected chi connectivity index (χ3v) is 2.46. The Labute approximate surface area is 195 Å². The summed E-state index contributed by atoms with van der Waals surface area (Å²) >= 11 is 0. The van der Waals surface area contributed by atoms with Crippen molar-refractivity contribution >= 4 is 46.0 Å². The second-order valence-corrected chi connectivity index (χ2v) is 6.65. The first-order valence-electron chi connectivity index (χ1n) is 9.24. The summed E-state index contributed by atoms with van der Waals surface area (Å²) in [5, 5.41) is 0. The maximum absolute atomic E-state index is 10.4. The number of primary amides is 1. The molecule has 33 heavy (non-hydrogen) atoms. The van der Waals surface area contributed by atoms with Gasteiger partial charge in [-0.25, -0.2) is 18.0 Å². The van der Waals surface area contributed by atoms with Crippen LogP contribution in [0.2, 0.25) is 0 Å². The first-order chi connectivity index (χ1) is 15.1. The van der Waals surface area contributed by atoms with Crippen LogP contribution in [0, 0.1) is 0 Å². The van der Waals surface area contributed by atoms with E-state index in [-0.39, 0.29) is 24.7 Å². The van der Waals surface area contributed by atoms with Gasteiger partial charge in [-0.05, 0) is 0 Å². The van der Waals surface area contributed by atoms with Crippen LogP contribution in [0.3, 0.4) is 0 Å². The number of nitrogens with one attached hydrogen (secondary N) is 1. The summed E-state index contributed by atoms with van der Waals surface area (Å²) in [6.45, 7) is 11.7. The third kappa shape index (κ3) is 82.9. The van der Waals surface area contributed by atoms with E-state index in [2.05, 4.69) is 24.8 Å². The van der Waals surface area contributed by atoms with E-state index in [0.717, 1.165) is 20.5 Å². The van der Waals surface area contributed by atoms with Gasteiger partial charge in [-0.1, -0.05) is 27.7 Å². The maximum Gasteiger partial charge on any atom is 0.417 e. The Bertz CT molecular complexity index is 616. The zero-order valence-electron chi connectivity index (χ0n) is 20.9. The number of hydrogen-bond donors (Lipinski definition) is 2. The van der Waals surface area contributed by atoms with Gasteiger partial charge in [0.1, 0.15) is 6.61 Å². The van der Waals surface area contributed by atoms with Crippen molar-refractivity contribution in [2.24, 2.45) is 5.73 Å². The van der Waals surface area contributed by atoms with Gasteiger partial charge in [0, 0.05) is 27.0 Å². The van der Waals surface area contributed by atoms with E-state index in [4.69, 9.17) is 0 Å². The van der Waals surface area contributed by atoms with Crippen LogP contribution in [0.25, 0.3) is 0 Å². The fraction of sp³-hybridized carbons (Fsp3) is 0.667. The first-order valence-corrected chi connectivity index (χ1v) is 11.3. The van der Waals surface area contributed by atoms with Crippen LogP contribution in [0.5, 0.6) is 0 Å². The minimum absolute atomic E-state index is 0.0475. The molecule has 0 fully saturated rings. The SMILES string of the molecule is CC.CC.CC(=O)OCCS(C)(=O)=O.CC(=O)ONC=O.CC(N)=O.COC(=O)C(=O)OC. The molecule has 0 aromatic carbocycles. The summed E-state index contributed by atoms with van der Waals surface area (Å²) in [7, 11) is -0.776. The lowest BCUT2D eigenvalue weighted by atomic mass is 10.7. The van der Waals surface area contributed by atoms with Gasteiger partial charge in [-0.2, -0.15) is 5.48 Å². The van der Waals surface area contributed by atoms with Crippen LogP contribution < -0.4 is 11.2 Å². The molecule has 0 rings (SSSR count). The maximum atomic E-state index is 10.4. The molecule has 198 valence electrons. The topological polar surface area (TPSA) is 212 Å². The average molecular weight is 507 g/mol. The van der Waals surface area contributed by atoms with Gasteiger partial charge in [0.2, 0.25) is 12.3 Å². The molecule has 14 nitrogen and oxygen atoms in total. The van der Waals surface area contributed by atoms with E-state index in [0.29, 0.717) is 0 Å². The standard InChI is InChI=1S/C5H10O4S.C4H6O4.C3H5NO3.C2H5NO.2C2H6/c1-5(6)9-3-4-10(2,7)8;1-7-3(5)4(6)8-2;1-3(6)7-4-2-5;1-2(3)4;2*1-2/h3-4H2,1-2H3;1-2H3;2H,1H3,(H,4,5);1H3,(H2,3,4);2*1-2H3. The Hall–Kier alpha value is -3.23. The van der Waals surface area contributed by atoms with E-state index >= 15 is 0 Å². The average Bonchev–Trinajstić information content (AvgIpc) is 2.73. The lowest BCUT2D eigenvalue weighted by Crippen LogP contribution is -2.16. The van der Waals surface area contributed by atoms with Crippen molar-refractivity contribution in [2.75, 3.05) is 32.8 Å². The van der Waals surface area contributed by atoms with Gasteiger partial charge in [-0.3, -0.25) is 19.2 Å². The van der Waals surface area contributed by atoms with Crippen LogP contribution >= 0.6 is 0 Å². The molecule has 2 amide bonds. The molecule has 0 aliphatic rings. The fourth-order valence-corrected chi connectivity index (χ4v) is 0.997. The molecule has 0 aliphatic heterocycles. The van der Waals surface area contributed by atoms with Gasteiger partial charge in [0.15, 0.2) is 9.84 Å². The predicted octanol–water partition coefficient (Wildman–Crippen LogP) is -0.319. The van der Waals surface area contributed by atoms with Gasteiger partial charge in [0.05, 0.1) is 20.0 Å². The van der Waals surface area contributed by atoms with E-state index in [9.17, 15) is 37.2 Å². The highest BCUT2D eigenvalue weighted by atomic mass is 32.2. The van der Waals surface area contributed by atoms with Crippen molar-refractivity contribution in [2.45, 2.75) is 48.5 Å². The number of rotatable bonds is 5. The van der Waals surface area contributed by atoms with E-state index in [1.807, 2.05) is 27.7 Å². The quantitative estimate of drug-likeness (QED) is 0.161. The minimum Gasteiger partial charge on any atom is -0.465 e. The number of carbonyl (C=O) groups excluding carboxylic acids is 6. The highest BCUT2D eigenvalue weighted by molar-refractivity contribution is 7.90. The van der Waals surface area contributed by atoms with Crippen LogP contribution in [-0.4, -0.2) is 77.4 Å². The number of methoxy groups -OCH3 is 2. The Morgan fingerprint density at radius 1 is 0.848 bits per heavy atom. The smallest absolute Gasteiger partial charge is 0.417 e. The van der Waals surface area contributed by atoms with Gasteiger partial charge < -0.3 is 24.8 Å². The summed E-state index contributed by atoms with van der Waals surface area (Å²) < 4.78 is 33.2. The number of ether oxygens (including phenoxy) is 3. The molecule has 0 aliphatic carbocycles. The molecular formula is C18H38N2O12S. The zero-order valence-corrected chi connectivity index (χ0v) is 21.7. The summed E-state index contributed by atoms with van der Waals surface area (Å²) in [5.41, 5.74) is 6.19. The molecule has 0 saturated heterocycles. The van der Waals surface area contributed by atoms with Crippen molar-refractivity contribution in [3.8, 4) is 0 Å². The second-order valence-electron chi connectivity index (χ2n) is 4.39. The van der Waals surface area contributed by atoms with Crippen LogP contribution in [0.15, 0.2) is 0 Å². The third-order valence-electron chi connectivity index (χ3n) is 1.55. The number of sulfone groups is 1. The van der Waals surface area contributed by atoms with Crippen LogP contribution in [0.4, 0.5) is 0 Å². The Morgan fingerprint density at radius 2 is 1.18 bits per heavy atom. The van der Waals surface area contributed by atoms with Crippen molar-refractivity contribution in [1.29, 1.82) is 0 Å². The number of esters is 3. The van der Waals surface area contributed by atoms with Crippen molar-refractivity contribution in [3.05, 3.63) is 0 Å². The Kier molecular flexibility index (Phi) is 44.2. The van der Waals surface area contributed by atoms with Crippen LogP contribution in [0.1, 0.15) is 48.5 Å². The highest BCUT2D eigenvalue weighted by Gasteiger charge is 2.11. The van der Waals surface area contributed by atoms with Gasteiger partial charge in [0.25, 0.3) is 0 Å². The molecule has 0 saturated carbocycles. The lowest BCUT2D eigenvalue weighted by Gasteiger charge is -1.98. The fourth-order valence-electron chi connectivity index (χ4n) is 0.610. The van der Waals surface area contributed by atoms with Crippen molar-refractivity contribution in [1.82, 2.24) is 5.48 Å². The molecule has 0 radical (unpaired) electrons. The molecular weight excluding hydrogens is 468 g/mol. The largest absolute Gasteiger partial charge is 0.465 e. The minimum atomic E-state index is -3.00. The molecule has 3 N–H and O–H groups in total. The monoisotopic (exact) mass is 506 g/mol. The summed E-state index contributed by atoms with van der Waals surface area (Å²) in [6, 6.07) is 0. The molecule has 0 atom stereocenters. The Balaban J connectivity index is -0.0000000722. The molecule has 0 aromatic rings. The molecule has 0 aromatic heterocycles. The number of nitrogens with two attached hydrogens (primary N) is 1. The summed E-state index contributed by atoms with van der Waals surface area (Å²) in [5.74, 6) is -3.39. The molecule has 15 heteroatoms. The number of hydroxylamine groups is 1. The van der Waals surface area contributed by atoms with Gasteiger partial charge >= 0.3 is 23.9 Å². The molecule has 0 bridgehead atoms. The number of carbonyl (C=O) groups is 6. The molecule has 0 spiro atoms. The number of amides is 2. The summed E-state index contributed by atoms with van der Waals surface area (Å²) in [6.07, 6.45) is 1.37. The second kappa shape index (κ2) is 33.4. The van der Waals surface area contributed by atoms with E-state index in [1.54, 1.807) is 5.48 Å². The highest BCUT2D eigenvalue weighted by Crippen LogP contribution is 1.83. The van der Waals surface area contributed by atoms with Crippen molar-refractivity contribution in [3.63, 3.8) is 0 Å². The van der Waals surface area contributed by atoms with E-state index < -0.39 is 33.7 Å². The predicted molar refractivity (Wildman–Crippen MR) is 119 cm³/mol. The molecule has 0 unspecified atom stereocenters. The summed E-state index contributed by atoms with van der Waals surface area (Å²) in [4.78, 5) is 62.4. The first kappa shape index (κ1) is 43.6. The van der Waals surface area contributed by atoms with Crippen molar-refractivity contribution < 1.29 is 56.2 Å². The zero-order chi connectivity index (χ0) is 28.0. The molecule has 0 heterocycles. The normalized spacial score (nSPS) is 7.82. The Morgan fingerprint density at radius 3 is 1.33 bits per heavy atom. The van der Waals surface area contributed by atoms with E-state index in [1.165, 1.54) is 20.8 Å². The lowest BCUT2D eigenvalue weighted by molar-refractivity contribution is -0.164. The van der Waals surface area contributed by atoms with Gasteiger partial charge in [-0.15, -0.1) is 0 Å². The van der Waals surface area contributed by atoms with Crippen LogP contribution in [-0.2, 0) is 57.7 Å². The number of hydrogen-bond acceptors (Lipinski definition) is 12.